The number of hydrogen-bond acceptors (Lipinski definition) is 6. The molecule has 0 radical (unpaired) electrons. The summed E-state index contributed by atoms with van der Waals surface area (Å²) in [5.41, 5.74) is 0. The molecule has 0 N–H and O–H groups in total. The van der Waals surface area contributed by atoms with E-state index in [2.05, 4.69) is 93.7 Å². The van der Waals surface area contributed by atoms with Crippen molar-refractivity contribution in [1.29, 1.82) is 0 Å². The van der Waals surface area contributed by atoms with E-state index in [9.17, 15) is 14.4 Å². The molecular formula is C76H136O6. The second-order valence-corrected chi connectivity index (χ2v) is 24.1. The van der Waals surface area contributed by atoms with Gasteiger partial charge in [-0.15, -0.1) is 0 Å². The first kappa shape index (κ1) is 78.8. The van der Waals surface area contributed by atoms with Gasteiger partial charge in [-0.05, 0) is 96.3 Å². The Morgan fingerprint density at radius 3 is 0.707 bits per heavy atom. The fourth-order valence-electron chi connectivity index (χ4n) is 10.5. The Kier molecular flexibility index (Phi) is 67.6. The van der Waals surface area contributed by atoms with Gasteiger partial charge in [0.05, 0.1) is 0 Å². The lowest BCUT2D eigenvalue weighted by Gasteiger charge is -2.18. The molecule has 1 unspecified atom stereocenters. The molecule has 0 aliphatic heterocycles. The molecule has 0 aliphatic rings. The number of carbonyl (C=O) groups is 3. The molecule has 0 saturated heterocycles. The van der Waals surface area contributed by atoms with Crippen molar-refractivity contribution in [2.45, 2.75) is 380 Å². The first-order chi connectivity index (χ1) is 40.5. The number of hydrogen-bond donors (Lipinski definition) is 0. The molecule has 0 bridgehead atoms. The maximum Gasteiger partial charge on any atom is 0.306 e. The van der Waals surface area contributed by atoms with Gasteiger partial charge >= 0.3 is 17.9 Å². The Morgan fingerprint density at radius 2 is 0.439 bits per heavy atom. The maximum atomic E-state index is 13.0. The van der Waals surface area contributed by atoms with Gasteiger partial charge in [0.1, 0.15) is 13.2 Å². The molecule has 0 rings (SSSR count). The van der Waals surface area contributed by atoms with Crippen molar-refractivity contribution < 1.29 is 28.6 Å². The van der Waals surface area contributed by atoms with Gasteiger partial charge in [-0.1, -0.05) is 331 Å². The summed E-state index contributed by atoms with van der Waals surface area (Å²) in [7, 11) is 0. The van der Waals surface area contributed by atoms with Gasteiger partial charge in [0.25, 0.3) is 0 Å². The van der Waals surface area contributed by atoms with Crippen molar-refractivity contribution in [3.63, 3.8) is 0 Å². The van der Waals surface area contributed by atoms with Gasteiger partial charge in [0, 0.05) is 19.3 Å². The number of esters is 3. The van der Waals surface area contributed by atoms with Crippen molar-refractivity contribution in [2.24, 2.45) is 0 Å². The zero-order valence-corrected chi connectivity index (χ0v) is 54.8. The molecule has 6 heteroatoms. The van der Waals surface area contributed by atoms with E-state index in [4.69, 9.17) is 14.2 Å². The highest BCUT2D eigenvalue weighted by atomic mass is 16.6. The van der Waals surface area contributed by atoms with Crippen LogP contribution in [0.4, 0.5) is 0 Å². The van der Waals surface area contributed by atoms with Crippen LogP contribution in [-0.4, -0.2) is 37.2 Å². The van der Waals surface area contributed by atoms with Crippen LogP contribution in [0.25, 0.3) is 0 Å². The van der Waals surface area contributed by atoms with E-state index in [0.29, 0.717) is 19.3 Å². The number of unbranched alkanes of at least 4 members (excludes halogenated alkanes) is 43. The molecule has 476 valence electrons. The Labute approximate surface area is 510 Å². The first-order valence-electron chi connectivity index (χ1n) is 35.9. The van der Waals surface area contributed by atoms with Crippen LogP contribution in [0.3, 0.4) is 0 Å². The molecule has 0 aromatic carbocycles. The Morgan fingerprint density at radius 1 is 0.244 bits per heavy atom. The van der Waals surface area contributed by atoms with Crippen molar-refractivity contribution in [3.8, 4) is 0 Å². The fourth-order valence-corrected chi connectivity index (χ4v) is 10.5. The molecule has 0 aromatic rings. The lowest BCUT2D eigenvalue weighted by atomic mass is 10.0. The summed E-state index contributed by atoms with van der Waals surface area (Å²) in [6.45, 7) is 6.65. The van der Waals surface area contributed by atoms with Gasteiger partial charge in [-0.2, -0.15) is 0 Å². The zero-order valence-electron chi connectivity index (χ0n) is 54.8. The predicted molar refractivity (Wildman–Crippen MR) is 358 cm³/mol. The summed E-state index contributed by atoms with van der Waals surface area (Å²) >= 11 is 0. The minimum atomic E-state index is -0.785. The Hall–Kier alpha value is -3.15. The minimum Gasteiger partial charge on any atom is -0.462 e. The van der Waals surface area contributed by atoms with E-state index >= 15 is 0 Å². The minimum absolute atomic E-state index is 0.0806. The summed E-state index contributed by atoms with van der Waals surface area (Å²) in [6, 6.07) is 0. The van der Waals surface area contributed by atoms with Crippen molar-refractivity contribution in [2.75, 3.05) is 13.2 Å². The first-order valence-corrected chi connectivity index (χ1v) is 35.9. The second kappa shape index (κ2) is 70.3. The Balaban J connectivity index is 4.38. The van der Waals surface area contributed by atoms with Crippen LogP contribution in [-0.2, 0) is 28.6 Å². The van der Waals surface area contributed by atoms with Crippen LogP contribution < -0.4 is 0 Å². The quantitative estimate of drug-likeness (QED) is 0.0261. The summed E-state index contributed by atoms with van der Waals surface area (Å²) < 4.78 is 17.0. The maximum absolute atomic E-state index is 13.0. The standard InChI is InChI=1S/C76H136O6/c1-4-7-10-13-16-19-22-25-28-31-34-36-38-40-42-45-48-51-54-57-60-63-66-69-75(78)81-72-73(71-80-74(77)68-65-62-59-56-53-50-47-44-41-33-30-27-24-21-18-15-12-9-6-3)82-76(79)70-67-64-61-58-55-52-49-46-43-39-37-35-32-29-26-23-20-17-14-11-8-5-2/h18,21-22,25,27,30-31,34,38,40-41,44,73H,4-17,19-20,23-24,26,28-29,32-33,35-37,39,42-43,45-72H2,1-3H3/b21-18-,25-22-,30-27-,34-31-,40-38-,44-41-. The average Bonchev–Trinajstić information content (AvgIpc) is 3.47. The topological polar surface area (TPSA) is 78.9 Å². The van der Waals surface area contributed by atoms with Crippen LogP contribution in [0, 0.1) is 0 Å². The predicted octanol–water partition coefficient (Wildman–Crippen LogP) is 24.8. The van der Waals surface area contributed by atoms with E-state index in [1.807, 2.05) is 0 Å². The van der Waals surface area contributed by atoms with Gasteiger partial charge in [0.2, 0.25) is 0 Å². The normalized spacial score (nSPS) is 12.5. The number of rotatable bonds is 66. The molecule has 6 nitrogen and oxygen atoms in total. The Bertz CT molecular complexity index is 1500. The third-order valence-corrected chi connectivity index (χ3v) is 15.9. The van der Waals surface area contributed by atoms with E-state index in [0.717, 1.165) is 96.3 Å². The van der Waals surface area contributed by atoms with Crippen LogP contribution in [0.15, 0.2) is 72.9 Å². The molecule has 1 atom stereocenters. The average molecular weight is 1150 g/mol. The van der Waals surface area contributed by atoms with E-state index in [-0.39, 0.29) is 31.1 Å². The summed E-state index contributed by atoms with van der Waals surface area (Å²) in [6.07, 6.45) is 92.0. The lowest BCUT2D eigenvalue weighted by Crippen LogP contribution is -2.30. The van der Waals surface area contributed by atoms with Crippen LogP contribution in [0.1, 0.15) is 374 Å². The molecule has 0 amide bonds. The van der Waals surface area contributed by atoms with Crippen molar-refractivity contribution in [3.05, 3.63) is 72.9 Å². The van der Waals surface area contributed by atoms with E-state index in [1.54, 1.807) is 0 Å². The molecule has 0 aliphatic carbocycles. The highest BCUT2D eigenvalue weighted by molar-refractivity contribution is 5.71. The molecule has 0 spiro atoms. The summed E-state index contributed by atoms with van der Waals surface area (Å²) in [5.74, 6) is -0.876. The molecular weight excluding hydrogens is 1010 g/mol. The van der Waals surface area contributed by atoms with E-state index in [1.165, 1.54) is 238 Å². The van der Waals surface area contributed by atoms with Gasteiger partial charge < -0.3 is 14.2 Å². The smallest absolute Gasteiger partial charge is 0.306 e. The van der Waals surface area contributed by atoms with Crippen molar-refractivity contribution >= 4 is 17.9 Å². The van der Waals surface area contributed by atoms with Crippen LogP contribution in [0.5, 0.6) is 0 Å². The van der Waals surface area contributed by atoms with Gasteiger partial charge in [-0.25, -0.2) is 0 Å². The van der Waals surface area contributed by atoms with Crippen LogP contribution in [0.2, 0.25) is 0 Å². The lowest BCUT2D eigenvalue weighted by molar-refractivity contribution is -0.167. The second-order valence-electron chi connectivity index (χ2n) is 24.1. The third-order valence-electron chi connectivity index (χ3n) is 15.9. The molecule has 0 aromatic heterocycles. The molecule has 0 saturated carbocycles. The summed E-state index contributed by atoms with van der Waals surface area (Å²) in [4.78, 5) is 38.5. The highest BCUT2D eigenvalue weighted by Crippen LogP contribution is 2.18. The van der Waals surface area contributed by atoms with Gasteiger partial charge in [-0.3, -0.25) is 14.4 Å². The van der Waals surface area contributed by atoms with Crippen LogP contribution >= 0.6 is 0 Å². The van der Waals surface area contributed by atoms with Gasteiger partial charge in [0.15, 0.2) is 6.10 Å². The fraction of sp³-hybridized carbons (Fsp3) is 0.803. The van der Waals surface area contributed by atoms with Crippen molar-refractivity contribution in [1.82, 2.24) is 0 Å². The summed E-state index contributed by atoms with van der Waals surface area (Å²) in [5, 5.41) is 0. The molecule has 0 fully saturated rings. The highest BCUT2D eigenvalue weighted by Gasteiger charge is 2.19. The third kappa shape index (κ3) is 67.6. The monoisotopic (exact) mass is 1150 g/mol. The number of allylic oxidation sites excluding steroid dienone is 12. The largest absolute Gasteiger partial charge is 0.462 e. The number of ether oxygens (including phenoxy) is 3. The number of carbonyl (C=O) groups excluding carboxylic acids is 3. The zero-order chi connectivity index (χ0) is 59.2. The molecule has 0 heterocycles. The van der Waals surface area contributed by atoms with E-state index < -0.39 is 6.10 Å². The SMILES string of the molecule is CCCCC/C=C\C/C=C\C/C=C\CCCCCCCCC(=O)OCC(COC(=O)CCCCCCCCCC/C=C\C/C=C\C/C=C\CCCCCCC)OC(=O)CCCCCCCCCCCCCCCCCCCCCCCC. The molecule has 82 heavy (non-hydrogen) atoms.